The Morgan fingerprint density at radius 3 is 2.46 bits per heavy atom. The van der Waals surface area contributed by atoms with Gasteiger partial charge in [-0.15, -0.1) is 0 Å². The van der Waals surface area contributed by atoms with Crippen molar-refractivity contribution in [1.29, 1.82) is 0 Å². The third kappa shape index (κ3) is 3.22. The number of rotatable bonds is 3. The van der Waals surface area contributed by atoms with E-state index in [0.29, 0.717) is 0 Å². The molecule has 0 radical (unpaired) electrons. The van der Waals surface area contributed by atoms with E-state index in [1.54, 1.807) is 0 Å². The van der Waals surface area contributed by atoms with Crippen molar-refractivity contribution >= 4 is 10.2 Å². The fourth-order valence-electron chi connectivity index (χ4n) is 1.56. The molecule has 6 heteroatoms. The maximum Gasteiger partial charge on any atom is 0.276 e. The summed E-state index contributed by atoms with van der Waals surface area (Å²) in [5.74, 6) is 0. The molecule has 5 nitrogen and oxygen atoms in total. The summed E-state index contributed by atoms with van der Waals surface area (Å²) in [5, 5.41) is 0. The maximum atomic E-state index is 11.1. The summed E-state index contributed by atoms with van der Waals surface area (Å²) in [6.07, 6.45) is 3.88. The van der Waals surface area contributed by atoms with Gasteiger partial charge in [0.05, 0.1) is 0 Å². The molecule has 0 amide bonds. The lowest BCUT2D eigenvalue weighted by atomic mass is 9.92. The Labute approximate surface area is 79.3 Å². The highest BCUT2D eigenvalue weighted by molar-refractivity contribution is 7.87. The zero-order valence-electron chi connectivity index (χ0n) is 7.79. The van der Waals surface area contributed by atoms with Crippen LogP contribution in [0.15, 0.2) is 0 Å². The zero-order chi connectivity index (χ0) is 9.90. The molecule has 2 unspecified atom stereocenters. The first-order valence-corrected chi connectivity index (χ1v) is 6.00. The summed E-state index contributed by atoms with van der Waals surface area (Å²) >= 11 is 0. The highest BCUT2D eigenvalue weighted by Crippen LogP contribution is 2.17. The molecule has 78 valence electrons. The second-order valence-electron chi connectivity index (χ2n) is 3.38. The molecule has 1 saturated carbocycles. The number of hydrogen-bond acceptors (Lipinski definition) is 3. The molecule has 0 saturated heterocycles. The normalized spacial score (nSPS) is 30.3. The molecule has 4 N–H and O–H groups in total. The van der Waals surface area contributed by atoms with Gasteiger partial charge in [0.1, 0.15) is 0 Å². The molecule has 0 heterocycles. The maximum absolute atomic E-state index is 11.1. The van der Waals surface area contributed by atoms with Gasteiger partial charge in [-0.25, -0.2) is 4.72 Å². The minimum Gasteiger partial charge on any atom is -0.326 e. The van der Waals surface area contributed by atoms with Crippen LogP contribution < -0.4 is 15.2 Å². The minimum atomic E-state index is -3.33. The Kier molecular flexibility index (Phi) is 3.66. The molecule has 1 aliphatic rings. The summed E-state index contributed by atoms with van der Waals surface area (Å²) in [4.78, 5) is 0. The van der Waals surface area contributed by atoms with Crippen LogP contribution in [0.5, 0.6) is 0 Å². The monoisotopic (exact) mass is 207 g/mol. The van der Waals surface area contributed by atoms with Gasteiger partial charge < -0.3 is 5.73 Å². The summed E-state index contributed by atoms with van der Waals surface area (Å²) in [7, 11) is -1.95. The zero-order valence-corrected chi connectivity index (χ0v) is 8.60. The van der Waals surface area contributed by atoms with E-state index in [-0.39, 0.29) is 12.1 Å². The van der Waals surface area contributed by atoms with Crippen LogP contribution in [0.1, 0.15) is 25.7 Å². The minimum absolute atomic E-state index is 0.0446. The van der Waals surface area contributed by atoms with E-state index < -0.39 is 10.2 Å². The third-order valence-corrected chi connectivity index (χ3v) is 3.55. The van der Waals surface area contributed by atoms with Gasteiger partial charge in [-0.2, -0.15) is 13.1 Å². The molecular weight excluding hydrogens is 190 g/mol. The van der Waals surface area contributed by atoms with Crippen molar-refractivity contribution < 1.29 is 8.42 Å². The van der Waals surface area contributed by atoms with Gasteiger partial charge in [0, 0.05) is 19.1 Å². The second-order valence-corrected chi connectivity index (χ2v) is 5.03. The molecule has 0 aromatic rings. The van der Waals surface area contributed by atoms with Gasteiger partial charge >= 0.3 is 0 Å². The number of nitrogens with two attached hydrogens (primary N) is 1. The first-order valence-electron chi connectivity index (χ1n) is 4.51. The first-order chi connectivity index (χ1) is 6.05. The SMILES string of the molecule is CNS(=O)(=O)NC1CCCCC1N. The largest absolute Gasteiger partial charge is 0.326 e. The van der Waals surface area contributed by atoms with Crippen molar-refractivity contribution in [1.82, 2.24) is 9.44 Å². The van der Waals surface area contributed by atoms with E-state index in [1.807, 2.05) is 0 Å². The lowest BCUT2D eigenvalue weighted by molar-refractivity contribution is 0.360. The molecule has 2 atom stereocenters. The Morgan fingerprint density at radius 1 is 1.31 bits per heavy atom. The molecular formula is C7H17N3O2S. The van der Waals surface area contributed by atoms with Crippen molar-refractivity contribution in [2.75, 3.05) is 7.05 Å². The number of hydrogen-bond donors (Lipinski definition) is 3. The Balaban J connectivity index is 2.52. The fraction of sp³-hybridized carbons (Fsp3) is 1.00. The number of nitrogens with one attached hydrogen (secondary N) is 2. The average Bonchev–Trinajstić information content (AvgIpc) is 2.09. The Hall–Kier alpha value is -0.170. The molecule has 13 heavy (non-hydrogen) atoms. The molecule has 0 aromatic carbocycles. The highest BCUT2D eigenvalue weighted by atomic mass is 32.2. The van der Waals surface area contributed by atoms with E-state index in [2.05, 4.69) is 9.44 Å². The van der Waals surface area contributed by atoms with E-state index in [1.165, 1.54) is 7.05 Å². The Bertz CT molecular complexity index is 252. The van der Waals surface area contributed by atoms with Crippen LogP contribution in [-0.2, 0) is 10.2 Å². The fourth-order valence-corrected chi connectivity index (χ4v) is 2.37. The van der Waals surface area contributed by atoms with Gasteiger partial charge in [-0.05, 0) is 12.8 Å². The highest BCUT2D eigenvalue weighted by Gasteiger charge is 2.25. The topological polar surface area (TPSA) is 84.2 Å². The van der Waals surface area contributed by atoms with E-state index in [0.717, 1.165) is 25.7 Å². The smallest absolute Gasteiger partial charge is 0.276 e. The lowest BCUT2D eigenvalue weighted by Crippen LogP contribution is -2.51. The molecule has 0 aromatic heterocycles. The summed E-state index contributed by atoms with van der Waals surface area (Å²) < 4.78 is 27.0. The lowest BCUT2D eigenvalue weighted by Gasteiger charge is -2.28. The standard InChI is InChI=1S/C7H17N3O2S/c1-9-13(11,12)10-7-5-3-2-4-6(7)8/h6-7,9-10H,2-5,8H2,1H3. The summed E-state index contributed by atoms with van der Waals surface area (Å²) in [6, 6.07) is -0.150. The van der Waals surface area contributed by atoms with Crippen LogP contribution >= 0.6 is 0 Å². The van der Waals surface area contributed by atoms with Crippen molar-refractivity contribution in [3.8, 4) is 0 Å². The second kappa shape index (κ2) is 4.36. The van der Waals surface area contributed by atoms with Gasteiger partial charge in [0.15, 0.2) is 0 Å². The quantitative estimate of drug-likeness (QED) is 0.572. The average molecular weight is 207 g/mol. The van der Waals surface area contributed by atoms with E-state index in [4.69, 9.17) is 5.73 Å². The van der Waals surface area contributed by atoms with Crippen molar-refractivity contribution in [3.63, 3.8) is 0 Å². The summed E-state index contributed by atoms with van der Waals surface area (Å²) in [6.45, 7) is 0. The van der Waals surface area contributed by atoms with Crippen LogP contribution in [-0.4, -0.2) is 27.5 Å². The van der Waals surface area contributed by atoms with Crippen LogP contribution in [0.3, 0.4) is 0 Å². The molecule has 0 spiro atoms. The summed E-state index contributed by atoms with van der Waals surface area (Å²) in [5.41, 5.74) is 5.79. The van der Waals surface area contributed by atoms with Crippen molar-refractivity contribution in [3.05, 3.63) is 0 Å². The molecule has 1 aliphatic carbocycles. The van der Waals surface area contributed by atoms with Gasteiger partial charge in [0.25, 0.3) is 10.2 Å². The van der Waals surface area contributed by atoms with Gasteiger partial charge in [-0.3, -0.25) is 0 Å². The predicted octanol–water partition coefficient (Wildman–Crippen LogP) is -0.690. The first kappa shape index (κ1) is 10.9. The molecule has 0 aliphatic heterocycles. The van der Waals surface area contributed by atoms with Crippen LogP contribution in [0.4, 0.5) is 0 Å². The molecule has 0 bridgehead atoms. The predicted molar refractivity (Wildman–Crippen MR) is 51.3 cm³/mol. The van der Waals surface area contributed by atoms with E-state index >= 15 is 0 Å². The Morgan fingerprint density at radius 2 is 1.92 bits per heavy atom. The van der Waals surface area contributed by atoms with Gasteiger partial charge in [0.2, 0.25) is 0 Å². The van der Waals surface area contributed by atoms with Crippen LogP contribution in [0.25, 0.3) is 0 Å². The third-order valence-electron chi connectivity index (χ3n) is 2.39. The molecule has 1 fully saturated rings. The van der Waals surface area contributed by atoms with Crippen LogP contribution in [0, 0.1) is 0 Å². The van der Waals surface area contributed by atoms with E-state index in [9.17, 15) is 8.42 Å². The molecule has 1 rings (SSSR count). The van der Waals surface area contributed by atoms with Crippen LogP contribution in [0.2, 0.25) is 0 Å². The van der Waals surface area contributed by atoms with Crippen molar-refractivity contribution in [2.45, 2.75) is 37.8 Å². The van der Waals surface area contributed by atoms with Crippen molar-refractivity contribution in [2.24, 2.45) is 5.73 Å². The van der Waals surface area contributed by atoms with Gasteiger partial charge in [-0.1, -0.05) is 12.8 Å².